The van der Waals surface area contributed by atoms with Gasteiger partial charge in [0.25, 0.3) is 0 Å². The van der Waals surface area contributed by atoms with Gasteiger partial charge < -0.3 is 9.64 Å². The molecular weight excluding hydrogens is 379 g/mol. The van der Waals surface area contributed by atoms with Crippen molar-refractivity contribution in [1.29, 1.82) is 0 Å². The second-order valence-corrected chi connectivity index (χ2v) is 6.91. The number of ether oxygens (including phenoxy) is 1. The molecule has 0 N–H and O–H groups in total. The Balaban J connectivity index is 1.53. The number of esters is 1. The van der Waals surface area contributed by atoms with E-state index in [0.717, 1.165) is 24.3 Å². The molecule has 0 unspecified atom stereocenters. The van der Waals surface area contributed by atoms with Crippen LogP contribution in [-0.4, -0.2) is 18.4 Å². The van der Waals surface area contributed by atoms with E-state index in [2.05, 4.69) is 28.9 Å². The lowest BCUT2D eigenvalue weighted by Gasteiger charge is -2.23. The van der Waals surface area contributed by atoms with Gasteiger partial charge in [0.2, 0.25) is 5.90 Å². The summed E-state index contributed by atoms with van der Waals surface area (Å²) < 4.78 is 19.1. The van der Waals surface area contributed by atoms with E-state index in [1.165, 1.54) is 17.7 Å². The van der Waals surface area contributed by atoms with E-state index >= 15 is 0 Å². The molecule has 5 heteroatoms. The first-order chi connectivity index (χ1) is 14.6. The summed E-state index contributed by atoms with van der Waals surface area (Å²) in [5, 5.41) is 0. The number of rotatable bonds is 6. The SMILES string of the molecule is CCN(Cc1ccccc1)c1ccc(/C=C2/N=C(c3ccccc3F)OC2=O)cc1. The number of hydrogen-bond acceptors (Lipinski definition) is 4. The third-order valence-electron chi connectivity index (χ3n) is 4.88. The Morgan fingerprint density at radius 2 is 1.67 bits per heavy atom. The van der Waals surface area contributed by atoms with Gasteiger partial charge in [-0.1, -0.05) is 54.6 Å². The molecular formula is C25H21FN2O2. The maximum atomic E-state index is 13.9. The van der Waals surface area contributed by atoms with Crippen LogP contribution in [0.5, 0.6) is 0 Å². The van der Waals surface area contributed by atoms with Gasteiger partial charge in [0.15, 0.2) is 5.70 Å². The second-order valence-electron chi connectivity index (χ2n) is 6.91. The molecule has 4 nitrogen and oxygen atoms in total. The smallest absolute Gasteiger partial charge is 0.363 e. The molecule has 0 saturated heterocycles. The van der Waals surface area contributed by atoms with Crippen molar-refractivity contribution in [2.45, 2.75) is 13.5 Å². The van der Waals surface area contributed by atoms with Crippen molar-refractivity contribution in [2.75, 3.05) is 11.4 Å². The monoisotopic (exact) mass is 400 g/mol. The quantitative estimate of drug-likeness (QED) is 0.422. The highest BCUT2D eigenvalue weighted by Crippen LogP contribution is 2.23. The predicted molar refractivity (Wildman–Crippen MR) is 117 cm³/mol. The number of nitrogens with zero attached hydrogens (tertiary/aromatic N) is 2. The van der Waals surface area contributed by atoms with Crippen LogP contribution in [0.15, 0.2) is 89.6 Å². The van der Waals surface area contributed by atoms with Gasteiger partial charge in [0.05, 0.1) is 5.56 Å². The number of hydrogen-bond donors (Lipinski definition) is 0. The lowest BCUT2D eigenvalue weighted by atomic mass is 10.1. The zero-order valence-corrected chi connectivity index (χ0v) is 16.6. The van der Waals surface area contributed by atoms with Crippen LogP contribution >= 0.6 is 0 Å². The van der Waals surface area contributed by atoms with Gasteiger partial charge in [0.1, 0.15) is 5.82 Å². The molecule has 0 aliphatic carbocycles. The standard InChI is InChI=1S/C25H21FN2O2/c1-2-28(17-19-8-4-3-5-9-19)20-14-12-18(13-15-20)16-23-25(29)30-24(27-23)21-10-6-7-11-22(21)26/h3-16H,2,17H2,1H3/b23-16+. The largest absolute Gasteiger partial charge is 0.402 e. The average Bonchev–Trinajstić information content (AvgIpc) is 3.13. The highest BCUT2D eigenvalue weighted by Gasteiger charge is 2.25. The van der Waals surface area contributed by atoms with E-state index in [1.54, 1.807) is 18.2 Å². The van der Waals surface area contributed by atoms with Gasteiger partial charge in [0, 0.05) is 18.8 Å². The van der Waals surface area contributed by atoms with Gasteiger partial charge in [-0.3, -0.25) is 0 Å². The van der Waals surface area contributed by atoms with Crippen molar-refractivity contribution in [3.05, 3.63) is 107 Å². The minimum absolute atomic E-state index is 0.0130. The van der Waals surface area contributed by atoms with Crippen molar-refractivity contribution in [3.8, 4) is 0 Å². The number of anilines is 1. The highest BCUT2D eigenvalue weighted by atomic mass is 19.1. The fraction of sp³-hybridized carbons (Fsp3) is 0.120. The minimum Gasteiger partial charge on any atom is -0.402 e. The Kier molecular flexibility index (Phi) is 5.70. The first-order valence-corrected chi connectivity index (χ1v) is 9.80. The molecule has 30 heavy (non-hydrogen) atoms. The Morgan fingerprint density at radius 1 is 0.967 bits per heavy atom. The molecule has 1 aliphatic heterocycles. The Hall–Kier alpha value is -3.73. The Bertz CT molecular complexity index is 1110. The van der Waals surface area contributed by atoms with Crippen LogP contribution in [0.1, 0.15) is 23.6 Å². The van der Waals surface area contributed by atoms with Gasteiger partial charge in [-0.2, -0.15) is 0 Å². The average molecular weight is 400 g/mol. The number of carbonyl (C=O) groups is 1. The summed E-state index contributed by atoms with van der Waals surface area (Å²) in [5.41, 5.74) is 3.48. The van der Waals surface area contributed by atoms with Crippen molar-refractivity contribution in [3.63, 3.8) is 0 Å². The van der Waals surface area contributed by atoms with E-state index < -0.39 is 11.8 Å². The molecule has 0 radical (unpaired) electrons. The third kappa shape index (κ3) is 4.30. The number of cyclic esters (lactones) is 1. The van der Waals surface area contributed by atoms with Gasteiger partial charge in [-0.05, 0) is 48.4 Å². The molecule has 0 bridgehead atoms. The molecule has 1 heterocycles. The van der Waals surface area contributed by atoms with E-state index in [4.69, 9.17) is 4.74 Å². The lowest BCUT2D eigenvalue weighted by Crippen LogP contribution is -2.21. The summed E-state index contributed by atoms with van der Waals surface area (Å²) in [5.74, 6) is -1.08. The molecule has 3 aromatic carbocycles. The third-order valence-corrected chi connectivity index (χ3v) is 4.88. The number of carbonyl (C=O) groups excluding carboxylic acids is 1. The van der Waals surface area contributed by atoms with Gasteiger partial charge in [-0.15, -0.1) is 0 Å². The highest BCUT2D eigenvalue weighted by molar-refractivity contribution is 6.12. The van der Waals surface area contributed by atoms with Gasteiger partial charge in [-0.25, -0.2) is 14.2 Å². The van der Waals surface area contributed by atoms with E-state index in [0.29, 0.717) is 0 Å². The summed E-state index contributed by atoms with van der Waals surface area (Å²) in [4.78, 5) is 18.6. The molecule has 0 spiro atoms. The topological polar surface area (TPSA) is 41.9 Å². The lowest BCUT2D eigenvalue weighted by molar-refractivity contribution is -0.129. The van der Waals surface area contributed by atoms with Crippen molar-refractivity contribution >= 4 is 23.6 Å². The summed E-state index contributed by atoms with van der Waals surface area (Å²) >= 11 is 0. The first kappa shape index (κ1) is 19.6. The van der Waals surface area contributed by atoms with E-state index in [1.807, 2.05) is 42.5 Å². The van der Waals surface area contributed by atoms with Crippen molar-refractivity contribution < 1.29 is 13.9 Å². The maximum absolute atomic E-state index is 13.9. The Morgan fingerprint density at radius 3 is 2.37 bits per heavy atom. The van der Waals surface area contributed by atoms with Crippen LogP contribution in [0, 0.1) is 5.82 Å². The van der Waals surface area contributed by atoms with Crippen LogP contribution in [-0.2, 0) is 16.1 Å². The molecule has 4 rings (SSSR count). The maximum Gasteiger partial charge on any atom is 0.363 e. The van der Waals surface area contributed by atoms with Crippen LogP contribution in [0.3, 0.4) is 0 Å². The zero-order chi connectivity index (χ0) is 20.9. The van der Waals surface area contributed by atoms with Crippen molar-refractivity contribution in [1.82, 2.24) is 0 Å². The molecule has 150 valence electrons. The molecule has 0 aromatic heterocycles. The van der Waals surface area contributed by atoms with Crippen LogP contribution in [0.2, 0.25) is 0 Å². The summed E-state index contributed by atoms with van der Waals surface area (Å²) in [6, 6.07) is 24.3. The van der Waals surface area contributed by atoms with Crippen molar-refractivity contribution in [2.24, 2.45) is 4.99 Å². The fourth-order valence-corrected chi connectivity index (χ4v) is 3.29. The fourth-order valence-electron chi connectivity index (χ4n) is 3.29. The summed E-state index contributed by atoms with van der Waals surface area (Å²) in [6.07, 6.45) is 1.65. The molecule has 0 saturated carbocycles. The van der Waals surface area contributed by atoms with Gasteiger partial charge >= 0.3 is 5.97 Å². The Labute approximate surface area is 175 Å². The van der Waals surface area contributed by atoms with E-state index in [9.17, 15) is 9.18 Å². The summed E-state index contributed by atoms with van der Waals surface area (Å²) in [6.45, 7) is 3.81. The number of halogens is 1. The molecule has 1 aliphatic rings. The number of aliphatic imine (C=N–C) groups is 1. The molecule has 0 amide bonds. The minimum atomic E-state index is -0.586. The normalized spacial score (nSPS) is 14.5. The first-order valence-electron chi connectivity index (χ1n) is 9.80. The molecule has 0 atom stereocenters. The zero-order valence-electron chi connectivity index (χ0n) is 16.6. The van der Waals surface area contributed by atoms with Crippen LogP contribution in [0.25, 0.3) is 6.08 Å². The van der Waals surface area contributed by atoms with Crippen LogP contribution in [0.4, 0.5) is 10.1 Å². The molecule has 3 aromatic rings. The second kappa shape index (κ2) is 8.74. The molecule has 0 fully saturated rings. The van der Waals surface area contributed by atoms with Crippen LogP contribution < -0.4 is 4.90 Å². The summed E-state index contributed by atoms with van der Waals surface area (Å²) in [7, 11) is 0. The predicted octanol–water partition coefficient (Wildman–Crippen LogP) is 5.20. The van der Waals surface area contributed by atoms with E-state index in [-0.39, 0.29) is 17.2 Å². The number of benzene rings is 3.